The van der Waals surface area contributed by atoms with E-state index in [2.05, 4.69) is 20.9 Å². The fraction of sp³-hybridized carbons (Fsp3) is 0.0769. The lowest BCUT2D eigenvalue weighted by molar-refractivity contribution is 0.0693. The lowest BCUT2D eigenvalue weighted by Gasteiger charge is -2.10. The zero-order valence-corrected chi connectivity index (χ0v) is 11.1. The third-order valence-corrected chi connectivity index (χ3v) is 2.86. The van der Waals surface area contributed by atoms with Gasteiger partial charge >= 0.3 is 5.97 Å². The molecule has 2 rings (SSSR count). The number of carbonyl (C=O) groups is 1. The average molecular weight is 308 g/mol. The van der Waals surface area contributed by atoms with Crippen molar-refractivity contribution in [2.24, 2.45) is 0 Å². The molecule has 0 fully saturated rings. The molecule has 1 N–H and O–H groups in total. The highest BCUT2D eigenvalue weighted by atomic mass is 79.9. The van der Waals surface area contributed by atoms with E-state index < -0.39 is 5.97 Å². The molecule has 0 saturated carbocycles. The van der Waals surface area contributed by atoms with Gasteiger partial charge in [-0.15, -0.1) is 0 Å². The summed E-state index contributed by atoms with van der Waals surface area (Å²) in [6.45, 7) is 1.89. The second-order valence-electron chi connectivity index (χ2n) is 3.69. The standard InChI is InChI=1S/C13H10BrNO3/c1-8-6-9(14)2-3-11(8)18-12-4-5-15-7-10(12)13(16)17/h2-7H,1H3,(H,16,17). The van der Waals surface area contributed by atoms with Crippen molar-refractivity contribution in [2.75, 3.05) is 0 Å². The van der Waals surface area contributed by atoms with Crippen LogP contribution < -0.4 is 4.74 Å². The van der Waals surface area contributed by atoms with Gasteiger partial charge in [0.1, 0.15) is 17.1 Å². The summed E-state index contributed by atoms with van der Waals surface area (Å²) in [5, 5.41) is 9.03. The number of hydrogen-bond donors (Lipinski definition) is 1. The number of aryl methyl sites for hydroxylation is 1. The molecule has 0 unspecified atom stereocenters. The minimum Gasteiger partial charge on any atom is -0.477 e. The topological polar surface area (TPSA) is 59.4 Å². The third-order valence-electron chi connectivity index (χ3n) is 2.37. The average Bonchev–Trinajstić information content (AvgIpc) is 2.33. The SMILES string of the molecule is Cc1cc(Br)ccc1Oc1ccncc1C(=O)O. The molecule has 2 aromatic rings. The van der Waals surface area contributed by atoms with E-state index in [1.807, 2.05) is 19.1 Å². The van der Waals surface area contributed by atoms with Gasteiger partial charge in [0.15, 0.2) is 0 Å². The number of hydrogen-bond acceptors (Lipinski definition) is 3. The van der Waals surface area contributed by atoms with Crippen LogP contribution in [0.4, 0.5) is 0 Å². The fourth-order valence-electron chi connectivity index (χ4n) is 1.48. The second kappa shape index (κ2) is 5.18. The maximum atomic E-state index is 11.0. The number of rotatable bonds is 3. The van der Waals surface area contributed by atoms with Crippen molar-refractivity contribution in [3.63, 3.8) is 0 Å². The molecule has 0 bridgehead atoms. The smallest absolute Gasteiger partial charge is 0.341 e. The number of pyridine rings is 1. The summed E-state index contributed by atoms with van der Waals surface area (Å²) >= 11 is 3.36. The van der Waals surface area contributed by atoms with E-state index in [1.165, 1.54) is 18.5 Å². The van der Waals surface area contributed by atoms with Crippen LogP contribution in [0.1, 0.15) is 15.9 Å². The first kappa shape index (κ1) is 12.6. The van der Waals surface area contributed by atoms with E-state index in [-0.39, 0.29) is 11.3 Å². The second-order valence-corrected chi connectivity index (χ2v) is 4.60. The first-order valence-electron chi connectivity index (χ1n) is 5.19. The fourth-order valence-corrected chi connectivity index (χ4v) is 1.95. The van der Waals surface area contributed by atoms with Crippen LogP contribution in [0, 0.1) is 6.92 Å². The van der Waals surface area contributed by atoms with Gasteiger partial charge in [0, 0.05) is 22.9 Å². The molecule has 0 aliphatic heterocycles. The van der Waals surface area contributed by atoms with Crippen LogP contribution in [0.3, 0.4) is 0 Å². The number of nitrogens with zero attached hydrogens (tertiary/aromatic N) is 1. The minimum absolute atomic E-state index is 0.0415. The van der Waals surface area contributed by atoms with E-state index >= 15 is 0 Å². The highest BCUT2D eigenvalue weighted by Gasteiger charge is 2.12. The molecular weight excluding hydrogens is 298 g/mol. The molecule has 0 saturated heterocycles. The highest BCUT2D eigenvalue weighted by Crippen LogP contribution is 2.29. The van der Waals surface area contributed by atoms with Crippen molar-refractivity contribution in [1.29, 1.82) is 0 Å². The van der Waals surface area contributed by atoms with Gasteiger partial charge in [0.25, 0.3) is 0 Å². The van der Waals surface area contributed by atoms with Crippen molar-refractivity contribution in [1.82, 2.24) is 4.98 Å². The van der Waals surface area contributed by atoms with Gasteiger partial charge in [-0.1, -0.05) is 15.9 Å². The number of carboxylic acids is 1. The Labute approximate surface area is 112 Å². The number of ether oxygens (including phenoxy) is 1. The normalized spacial score (nSPS) is 10.1. The quantitative estimate of drug-likeness (QED) is 0.940. The predicted molar refractivity (Wildman–Crippen MR) is 70.1 cm³/mol. The van der Waals surface area contributed by atoms with E-state index in [0.717, 1.165) is 10.0 Å². The maximum Gasteiger partial charge on any atom is 0.341 e. The van der Waals surface area contributed by atoms with Crippen molar-refractivity contribution in [2.45, 2.75) is 6.92 Å². The molecule has 0 atom stereocenters. The van der Waals surface area contributed by atoms with Gasteiger partial charge in [-0.25, -0.2) is 4.79 Å². The Bertz CT molecular complexity index is 599. The molecule has 1 aromatic carbocycles. The van der Waals surface area contributed by atoms with Crippen LogP contribution in [0.2, 0.25) is 0 Å². The van der Waals surface area contributed by atoms with Crippen molar-refractivity contribution in [3.8, 4) is 11.5 Å². The van der Waals surface area contributed by atoms with E-state index in [0.29, 0.717) is 5.75 Å². The molecule has 4 nitrogen and oxygen atoms in total. The highest BCUT2D eigenvalue weighted by molar-refractivity contribution is 9.10. The summed E-state index contributed by atoms with van der Waals surface area (Å²) in [4.78, 5) is 14.8. The lowest BCUT2D eigenvalue weighted by Crippen LogP contribution is -2.01. The van der Waals surface area contributed by atoms with Crippen LogP contribution in [-0.4, -0.2) is 16.1 Å². The van der Waals surface area contributed by atoms with Crippen LogP contribution in [0.15, 0.2) is 41.1 Å². The summed E-state index contributed by atoms with van der Waals surface area (Å²) in [7, 11) is 0. The Morgan fingerprint density at radius 3 is 2.78 bits per heavy atom. The molecule has 0 spiro atoms. The Balaban J connectivity index is 2.37. The van der Waals surface area contributed by atoms with Gasteiger partial charge in [0.05, 0.1) is 0 Å². The zero-order chi connectivity index (χ0) is 13.1. The zero-order valence-electron chi connectivity index (χ0n) is 9.55. The van der Waals surface area contributed by atoms with Crippen LogP contribution in [0.5, 0.6) is 11.5 Å². The molecule has 0 amide bonds. The number of aromatic carboxylic acids is 1. The van der Waals surface area contributed by atoms with E-state index in [1.54, 1.807) is 6.07 Å². The summed E-state index contributed by atoms with van der Waals surface area (Å²) < 4.78 is 6.56. The molecule has 1 aromatic heterocycles. The first-order chi connectivity index (χ1) is 8.58. The molecule has 1 heterocycles. The molecular formula is C13H10BrNO3. The summed E-state index contributed by atoms with van der Waals surface area (Å²) in [6.07, 6.45) is 2.77. The predicted octanol–water partition coefficient (Wildman–Crippen LogP) is 3.64. The van der Waals surface area contributed by atoms with Crippen LogP contribution in [-0.2, 0) is 0 Å². The molecule has 0 aliphatic carbocycles. The minimum atomic E-state index is -1.06. The van der Waals surface area contributed by atoms with Gasteiger partial charge in [-0.3, -0.25) is 4.98 Å². The lowest BCUT2D eigenvalue weighted by atomic mass is 10.2. The Morgan fingerprint density at radius 2 is 2.11 bits per heavy atom. The number of aromatic nitrogens is 1. The number of halogens is 1. The van der Waals surface area contributed by atoms with Gasteiger partial charge in [0.2, 0.25) is 0 Å². The van der Waals surface area contributed by atoms with Crippen LogP contribution in [0.25, 0.3) is 0 Å². The largest absolute Gasteiger partial charge is 0.477 e. The van der Waals surface area contributed by atoms with Crippen molar-refractivity contribution < 1.29 is 14.6 Å². The maximum absolute atomic E-state index is 11.0. The van der Waals surface area contributed by atoms with E-state index in [9.17, 15) is 4.79 Å². The summed E-state index contributed by atoms with van der Waals surface area (Å²) in [5.74, 6) is -0.164. The Kier molecular flexibility index (Phi) is 3.62. The summed E-state index contributed by atoms with van der Waals surface area (Å²) in [6, 6.07) is 7.05. The first-order valence-corrected chi connectivity index (χ1v) is 5.98. The van der Waals surface area contributed by atoms with Gasteiger partial charge in [-0.05, 0) is 30.7 Å². The van der Waals surface area contributed by atoms with Gasteiger partial charge in [-0.2, -0.15) is 0 Å². The number of carboxylic acid groups (broad SMARTS) is 1. The molecule has 0 aliphatic rings. The number of benzene rings is 1. The Hall–Kier alpha value is -1.88. The molecule has 0 radical (unpaired) electrons. The molecule has 92 valence electrons. The molecule has 18 heavy (non-hydrogen) atoms. The van der Waals surface area contributed by atoms with Gasteiger partial charge < -0.3 is 9.84 Å². The van der Waals surface area contributed by atoms with Crippen molar-refractivity contribution in [3.05, 3.63) is 52.3 Å². The molecule has 5 heteroatoms. The van der Waals surface area contributed by atoms with Crippen LogP contribution >= 0.6 is 15.9 Å². The summed E-state index contributed by atoms with van der Waals surface area (Å²) in [5.41, 5.74) is 0.956. The van der Waals surface area contributed by atoms with E-state index in [4.69, 9.17) is 9.84 Å². The monoisotopic (exact) mass is 307 g/mol. The third kappa shape index (κ3) is 2.68. The Morgan fingerprint density at radius 1 is 1.33 bits per heavy atom. The van der Waals surface area contributed by atoms with Crippen molar-refractivity contribution >= 4 is 21.9 Å².